The van der Waals surface area contributed by atoms with Crippen LogP contribution < -0.4 is 20.1 Å². The average molecular weight is 399 g/mol. The van der Waals surface area contributed by atoms with Crippen LogP contribution in [0.5, 0.6) is 11.5 Å². The summed E-state index contributed by atoms with van der Waals surface area (Å²) in [6, 6.07) is 11.9. The molecule has 2 aromatic carbocycles. The first-order valence-corrected chi connectivity index (χ1v) is 8.68. The molecule has 3 aromatic rings. The van der Waals surface area contributed by atoms with Crippen molar-refractivity contribution in [3.8, 4) is 11.5 Å². The lowest BCUT2D eigenvalue weighted by Gasteiger charge is -2.11. The lowest BCUT2D eigenvalue weighted by Crippen LogP contribution is -2.14. The molecule has 0 bridgehead atoms. The van der Waals surface area contributed by atoms with Gasteiger partial charge in [0.1, 0.15) is 23.1 Å². The minimum atomic E-state index is -0.723. The highest BCUT2D eigenvalue weighted by Gasteiger charge is 2.11. The number of nitrogens with zero attached hydrogens (tertiary/aromatic N) is 1. The molecule has 150 valence electrons. The van der Waals surface area contributed by atoms with Crippen molar-refractivity contribution in [1.82, 2.24) is 4.98 Å². The molecule has 0 aliphatic rings. The van der Waals surface area contributed by atoms with E-state index in [1.807, 2.05) is 0 Å². The number of pyridine rings is 1. The zero-order valence-electron chi connectivity index (χ0n) is 15.8. The topological polar surface area (TPSA) is 72.5 Å². The molecule has 8 heteroatoms. The summed E-state index contributed by atoms with van der Waals surface area (Å²) in [4.78, 5) is 16.3. The van der Waals surface area contributed by atoms with Crippen LogP contribution in [0.25, 0.3) is 0 Å². The van der Waals surface area contributed by atoms with Crippen molar-refractivity contribution in [2.45, 2.75) is 6.42 Å². The Morgan fingerprint density at radius 3 is 2.34 bits per heavy atom. The fourth-order valence-electron chi connectivity index (χ4n) is 2.67. The molecule has 0 fully saturated rings. The molecule has 0 atom stereocenters. The first-order chi connectivity index (χ1) is 14.0. The van der Waals surface area contributed by atoms with Crippen LogP contribution in [0.4, 0.5) is 26.0 Å². The maximum Gasteiger partial charge on any atom is 0.228 e. The second-order valence-electron chi connectivity index (χ2n) is 6.07. The van der Waals surface area contributed by atoms with Crippen molar-refractivity contribution in [3.05, 3.63) is 71.9 Å². The van der Waals surface area contributed by atoms with Gasteiger partial charge in [0.05, 0.1) is 32.5 Å². The molecule has 0 spiro atoms. The molecule has 0 saturated heterocycles. The van der Waals surface area contributed by atoms with Crippen LogP contribution >= 0.6 is 0 Å². The number of amides is 1. The number of methoxy groups -OCH3 is 2. The van der Waals surface area contributed by atoms with Crippen LogP contribution in [0.1, 0.15) is 5.56 Å². The van der Waals surface area contributed by atoms with Gasteiger partial charge in [0.15, 0.2) is 11.5 Å². The minimum Gasteiger partial charge on any atom is -0.493 e. The summed E-state index contributed by atoms with van der Waals surface area (Å²) in [5.74, 6) is -0.338. The van der Waals surface area contributed by atoms with E-state index in [1.54, 1.807) is 24.3 Å². The molecule has 1 aromatic heterocycles. The SMILES string of the molecule is COc1ccc(CC(=O)Nc2ccc(Nc3c(F)cccc3F)nc2)cc1OC. The van der Waals surface area contributed by atoms with Crippen LogP contribution in [0.3, 0.4) is 0 Å². The quantitative estimate of drug-likeness (QED) is 0.620. The van der Waals surface area contributed by atoms with Gasteiger partial charge in [0, 0.05) is 0 Å². The predicted molar refractivity (Wildman–Crippen MR) is 106 cm³/mol. The van der Waals surface area contributed by atoms with E-state index in [2.05, 4.69) is 15.6 Å². The fourth-order valence-corrected chi connectivity index (χ4v) is 2.67. The first-order valence-electron chi connectivity index (χ1n) is 8.68. The van der Waals surface area contributed by atoms with Crippen LogP contribution in [0.15, 0.2) is 54.7 Å². The monoisotopic (exact) mass is 399 g/mol. The van der Waals surface area contributed by atoms with Gasteiger partial charge in [0.2, 0.25) is 5.91 Å². The lowest BCUT2D eigenvalue weighted by molar-refractivity contribution is -0.115. The molecule has 0 saturated carbocycles. The molecule has 1 amide bonds. The van der Waals surface area contributed by atoms with E-state index in [0.29, 0.717) is 17.2 Å². The molecule has 29 heavy (non-hydrogen) atoms. The van der Waals surface area contributed by atoms with E-state index in [4.69, 9.17) is 9.47 Å². The molecular formula is C21H19F2N3O3. The number of ether oxygens (including phenoxy) is 2. The Balaban J connectivity index is 1.63. The lowest BCUT2D eigenvalue weighted by atomic mass is 10.1. The molecule has 2 N–H and O–H groups in total. The Kier molecular flexibility index (Phi) is 6.23. The number of para-hydroxylation sites is 1. The maximum atomic E-state index is 13.7. The summed E-state index contributed by atoms with van der Waals surface area (Å²) in [5, 5.41) is 5.31. The summed E-state index contributed by atoms with van der Waals surface area (Å²) >= 11 is 0. The van der Waals surface area contributed by atoms with E-state index >= 15 is 0 Å². The van der Waals surface area contributed by atoms with Crippen LogP contribution in [-0.2, 0) is 11.2 Å². The van der Waals surface area contributed by atoms with Gasteiger partial charge in [-0.25, -0.2) is 13.8 Å². The number of hydrogen-bond acceptors (Lipinski definition) is 5. The van der Waals surface area contributed by atoms with Gasteiger partial charge in [0.25, 0.3) is 0 Å². The summed E-state index contributed by atoms with van der Waals surface area (Å²) < 4.78 is 37.8. The standard InChI is InChI=1S/C21H19F2N3O3/c1-28-17-8-6-13(10-18(17)29-2)11-20(27)25-14-7-9-19(24-12-14)26-21-15(22)4-3-5-16(21)23/h3-10,12H,11H2,1-2H3,(H,24,26)(H,25,27). The van der Waals surface area contributed by atoms with Crippen LogP contribution in [0.2, 0.25) is 0 Å². The van der Waals surface area contributed by atoms with E-state index < -0.39 is 11.6 Å². The van der Waals surface area contributed by atoms with Gasteiger partial charge in [-0.2, -0.15) is 0 Å². The van der Waals surface area contributed by atoms with Gasteiger partial charge in [-0.3, -0.25) is 4.79 Å². The number of carbonyl (C=O) groups excluding carboxylic acids is 1. The Labute approximate surface area is 166 Å². The second-order valence-corrected chi connectivity index (χ2v) is 6.07. The highest BCUT2D eigenvalue weighted by atomic mass is 19.1. The van der Waals surface area contributed by atoms with Crippen molar-refractivity contribution in [3.63, 3.8) is 0 Å². The van der Waals surface area contributed by atoms with E-state index in [9.17, 15) is 13.6 Å². The van der Waals surface area contributed by atoms with Gasteiger partial charge in [-0.15, -0.1) is 0 Å². The molecular weight excluding hydrogens is 380 g/mol. The maximum absolute atomic E-state index is 13.7. The smallest absolute Gasteiger partial charge is 0.228 e. The molecule has 3 rings (SSSR count). The van der Waals surface area contributed by atoms with Crippen LogP contribution in [0, 0.1) is 11.6 Å². The number of carbonyl (C=O) groups is 1. The average Bonchev–Trinajstić information content (AvgIpc) is 2.72. The molecule has 0 unspecified atom stereocenters. The highest BCUT2D eigenvalue weighted by molar-refractivity contribution is 5.92. The molecule has 1 heterocycles. The number of halogens is 2. The normalized spacial score (nSPS) is 10.3. The van der Waals surface area contributed by atoms with Crippen molar-refractivity contribution in [2.24, 2.45) is 0 Å². The third kappa shape index (κ3) is 4.98. The third-order valence-electron chi connectivity index (χ3n) is 4.08. The fraction of sp³-hybridized carbons (Fsp3) is 0.143. The Morgan fingerprint density at radius 2 is 1.72 bits per heavy atom. The van der Waals surface area contributed by atoms with Crippen molar-refractivity contribution in [2.75, 3.05) is 24.9 Å². The molecule has 0 aliphatic heterocycles. The number of benzene rings is 2. The number of aromatic nitrogens is 1. The van der Waals surface area contributed by atoms with Crippen molar-refractivity contribution < 1.29 is 23.0 Å². The van der Waals surface area contributed by atoms with E-state index in [1.165, 1.54) is 32.5 Å². The second kappa shape index (κ2) is 9.01. The molecule has 0 aliphatic carbocycles. The number of rotatable bonds is 7. The minimum absolute atomic E-state index is 0.126. The van der Waals surface area contributed by atoms with Gasteiger partial charge >= 0.3 is 0 Å². The van der Waals surface area contributed by atoms with Gasteiger partial charge in [-0.1, -0.05) is 12.1 Å². The number of nitrogens with one attached hydrogen (secondary N) is 2. The molecule has 6 nitrogen and oxygen atoms in total. The summed E-state index contributed by atoms with van der Waals surface area (Å²) in [7, 11) is 3.06. The Hall–Kier alpha value is -3.68. The summed E-state index contributed by atoms with van der Waals surface area (Å²) in [6.45, 7) is 0. The zero-order chi connectivity index (χ0) is 20.8. The van der Waals surface area contributed by atoms with Crippen molar-refractivity contribution >= 4 is 23.1 Å². The predicted octanol–water partition coefficient (Wildman–Crippen LogP) is 4.30. The highest BCUT2D eigenvalue weighted by Crippen LogP contribution is 2.28. The third-order valence-corrected chi connectivity index (χ3v) is 4.08. The summed E-state index contributed by atoms with van der Waals surface area (Å²) in [6.07, 6.45) is 1.52. The largest absolute Gasteiger partial charge is 0.493 e. The molecule has 0 radical (unpaired) electrons. The number of hydrogen-bond donors (Lipinski definition) is 2. The number of anilines is 3. The Morgan fingerprint density at radius 1 is 1.00 bits per heavy atom. The van der Waals surface area contributed by atoms with Gasteiger partial charge < -0.3 is 20.1 Å². The van der Waals surface area contributed by atoms with Gasteiger partial charge in [-0.05, 0) is 42.0 Å². The summed E-state index contributed by atoms with van der Waals surface area (Å²) in [5.41, 5.74) is 0.918. The Bertz CT molecular complexity index is 990. The first kappa shape index (κ1) is 20.1. The van der Waals surface area contributed by atoms with E-state index in [0.717, 1.165) is 17.7 Å². The zero-order valence-corrected chi connectivity index (χ0v) is 15.8. The van der Waals surface area contributed by atoms with E-state index in [-0.39, 0.29) is 23.8 Å². The van der Waals surface area contributed by atoms with Crippen molar-refractivity contribution in [1.29, 1.82) is 0 Å². The van der Waals surface area contributed by atoms with Crippen LogP contribution in [-0.4, -0.2) is 25.1 Å².